The van der Waals surface area contributed by atoms with Crippen LogP contribution >= 0.6 is 0 Å². The number of nitrogens with zero attached hydrogens (tertiary/aromatic N) is 1. The van der Waals surface area contributed by atoms with Gasteiger partial charge in [0, 0.05) is 12.2 Å². The SMILES string of the molecule is CC(C)[C@H](CO)N1C(=O)[C@@H]2[C@@H](C(=O)NCc3ccccc3)[C@]3(C)OC2(CC3C)C1C(=O)Nc1ccc2ccccc2c1. The number of aliphatic hydroxyl groups is 1. The van der Waals surface area contributed by atoms with Gasteiger partial charge in [-0.05, 0) is 53.6 Å². The smallest absolute Gasteiger partial charge is 0.250 e. The van der Waals surface area contributed by atoms with Crippen LogP contribution < -0.4 is 10.6 Å². The van der Waals surface area contributed by atoms with Crippen LogP contribution in [0.5, 0.6) is 0 Å². The molecule has 8 nitrogen and oxygen atoms in total. The van der Waals surface area contributed by atoms with E-state index in [-0.39, 0.29) is 36.2 Å². The lowest BCUT2D eigenvalue weighted by Crippen LogP contribution is -2.57. The van der Waals surface area contributed by atoms with Crippen LogP contribution in [-0.4, -0.2) is 57.6 Å². The van der Waals surface area contributed by atoms with Crippen LogP contribution in [0.3, 0.4) is 0 Å². The minimum atomic E-state index is -1.19. The summed E-state index contributed by atoms with van der Waals surface area (Å²) in [5.41, 5.74) is -0.542. The van der Waals surface area contributed by atoms with Gasteiger partial charge in [0.25, 0.3) is 0 Å². The van der Waals surface area contributed by atoms with Gasteiger partial charge in [-0.2, -0.15) is 0 Å². The molecular weight excluding hydrogens is 530 g/mol. The van der Waals surface area contributed by atoms with Gasteiger partial charge in [0.05, 0.1) is 30.1 Å². The molecule has 3 fully saturated rings. The largest absolute Gasteiger partial charge is 0.394 e. The van der Waals surface area contributed by atoms with Crippen LogP contribution in [0.15, 0.2) is 72.8 Å². The molecule has 7 atom stereocenters. The van der Waals surface area contributed by atoms with E-state index in [0.29, 0.717) is 18.7 Å². The Morgan fingerprint density at radius 2 is 1.71 bits per heavy atom. The Morgan fingerprint density at radius 1 is 1.02 bits per heavy atom. The highest BCUT2D eigenvalue weighted by molar-refractivity contribution is 6.04. The predicted octanol–water partition coefficient (Wildman–Crippen LogP) is 4.12. The first kappa shape index (κ1) is 28.4. The molecule has 42 heavy (non-hydrogen) atoms. The number of amides is 3. The fraction of sp³-hybridized carbons (Fsp3) is 0.441. The van der Waals surface area contributed by atoms with Gasteiger partial charge in [-0.25, -0.2) is 0 Å². The van der Waals surface area contributed by atoms with Crippen molar-refractivity contribution in [1.82, 2.24) is 10.2 Å². The summed E-state index contributed by atoms with van der Waals surface area (Å²) in [6.07, 6.45) is 0.463. The van der Waals surface area contributed by atoms with E-state index in [2.05, 4.69) is 10.6 Å². The lowest BCUT2D eigenvalue weighted by atomic mass is 9.62. The molecule has 3 aliphatic rings. The number of hydrogen-bond acceptors (Lipinski definition) is 5. The molecular formula is C34H39N3O5. The second kappa shape index (κ2) is 10.5. The minimum absolute atomic E-state index is 0.0726. The predicted molar refractivity (Wildman–Crippen MR) is 160 cm³/mol. The van der Waals surface area contributed by atoms with Crippen molar-refractivity contribution in [3.8, 4) is 0 Å². The van der Waals surface area contributed by atoms with Gasteiger partial charge in [-0.1, -0.05) is 81.4 Å². The number of likely N-dealkylation sites (tertiary alicyclic amines) is 1. The molecule has 1 spiro atoms. The molecule has 3 N–H and O–H groups in total. The fourth-order valence-electron chi connectivity index (χ4n) is 7.73. The maximum absolute atomic E-state index is 14.4. The highest BCUT2D eigenvalue weighted by Crippen LogP contribution is 2.65. The summed E-state index contributed by atoms with van der Waals surface area (Å²) in [7, 11) is 0. The van der Waals surface area contributed by atoms with Crippen molar-refractivity contribution in [2.75, 3.05) is 11.9 Å². The monoisotopic (exact) mass is 569 g/mol. The van der Waals surface area contributed by atoms with Gasteiger partial charge in [0.1, 0.15) is 11.6 Å². The van der Waals surface area contributed by atoms with Gasteiger partial charge in [-0.3, -0.25) is 14.4 Å². The second-order valence-electron chi connectivity index (χ2n) is 12.7. The first-order valence-electron chi connectivity index (χ1n) is 14.8. The number of carbonyl (C=O) groups is 3. The van der Waals surface area contributed by atoms with Crippen molar-refractivity contribution < 1.29 is 24.2 Å². The quantitative estimate of drug-likeness (QED) is 0.378. The molecule has 2 bridgehead atoms. The van der Waals surface area contributed by atoms with Gasteiger partial charge >= 0.3 is 0 Å². The molecule has 3 unspecified atom stereocenters. The third kappa shape index (κ3) is 4.31. The zero-order valence-corrected chi connectivity index (χ0v) is 24.5. The molecule has 3 heterocycles. The summed E-state index contributed by atoms with van der Waals surface area (Å²) in [4.78, 5) is 44.2. The summed E-state index contributed by atoms with van der Waals surface area (Å²) >= 11 is 0. The Balaban J connectivity index is 1.38. The summed E-state index contributed by atoms with van der Waals surface area (Å²) in [6, 6.07) is 21.6. The summed E-state index contributed by atoms with van der Waals surface area (Å²) in [5.74, 6) is -2.75. The Kier molecular flexibility index (Phi) is 7.10. The lowest BCUT2D eigenvalue weighted by Gasteiger charge is -2.38. The van der Waals surface area contributed by atoms with Crippen molar-refractivity contribution in [1.29, 1.82) is 0 Å². The molecule has 8 heteroatoms. The van der Waals surface area contributed by atoms with E-state index in [9.17, 15) is 19.5 Å². The Hall–Kier alpha value is -3.75. The number of rotatable bonds is 8. The molecule has 6 rings (SSSR count). The average Bonchev–Trinajstić information content (AvgIpc) is 3.49. The lowest BCUT2D eigenvalue weighted by molar-refractivity contribution is -0.150. The Morgan fingerprint density at radius 3 is 2.40 bits per heavy atom. The van der Waals surface area contributed by atoms with E-state index in [1.54, 1.807) is 0 Å². The fourth-order valence-corrected chi connectivity index (χ4v) is 7.73. The molecule has 3 aromatic rings. The highest BCUT2D eigenvalue weighted by Gasteiger charge is 2.80. The number of ether oxygens (including phenoxy) is 1. The number of benzene rings is 3. The molecule has 3 amide bonds. The van der Waals surface area contributed by atoms with Crippen molar-refractivity contribution in [3.05, 3.63) is 78.4 Å². The molecule has 0 saturated carbocycles. The van der Waals surface area contributed by atoms with Gasteiger partial charge in [0.15, 0.2) is 0 Å². The minimum Gasteiger partial charge on any atom is -0.394 e. The molecule has 3 saturated heterocycles. The zero-order valence-electron chi connectivity index (χ0n) is 24.5. The first-order valence-corrected chi connectivity index (χ1v) is 14.8. The van der Waals surface area contributed by atoms with Gasteiger partial charge in [-0.15, -0.1) is 0 Å². The molecule has 0 aromatic heterocycles. The summed E-state index contributed by atoms with van der Waals surface area (Å²) in [6.45, 7) is 7.80. The summed E-state index contributed by atoms with van der Waals surface area (Å²) in [5, 5.41) is 18.6. The van der Waals surface area contributed by atoms with Gasteiger partial charge in [0.2, 0.25) is 17.7 Å². The molecule has 0 aliphatic carbocycles. The maximum Gasteiger partial charge on any atom is 0.250 e. The topological polar surface area (TPSA) is 108 Å². The van der Waals surface area contributed by atoms with E-state index < -0.39 is 35.1 Å². The molecule has 3 aliphatic heterocycles. The molecule has 0 radical (unpaired) electrons. The van der Waals surface area contributed by atoms with Crippen molar-refractivity contribution in [2.24, 2.45) is 23.7 Å². The maximum atomic E-state index is 14.4. The van der Waals surface area contributed by atoms with Crippen LogP contribution in [0.25, 0.3) is 10.8 Å². The Labute approximate surface area is 246 Å². The van der Waals surface area contributed by atoms with Crippen molar-refractivity contribution in [3.63, 3.8) is 0 Å². The average molecular weight is 570 g/mol. The third-order valence-electron chi connectivity index (χ3n) is 9.92. The van der Waals surface area contributed by atoms with E-state index in [4.69, 9.17) is 4.74 Å². The number of carbonyl (C=O) groups excluding carboxylic acids is 3. The number of fused-ring (bicyclic) bond motifs is 2. The second-order valence-corrected chi connectivity index (χ2v) is 12.7. The van der Waals surface area contributed by atoms with E-state index >= 15 is 0 Å². The van der Waals surface area contributed by atoms with E-state index in [0.717, 1.165) is 16.3 Å². The van der Waals surface area contributed by atoms with Crippen LogP contribution in [0.1, 0.15) is 39.7 Å². The highest BCUT2D eigenvalue weighted by atomic mass is 16.5. The number of aliphatic hydroxyl groups excluding tert-OH is 1. The van der Waals surface area contributed by atoms with Crippen molar-refractivity contribution in [2.45, 2.75) is 63.9 Å². The number of anilines is 1. The van der Waals surface area contributed by atoms with E-state index in [1.807, 2.05) is 100 Å². The van der Waals surface area contributed by atoms with Crippen LogP contribution in [-0.2, 0) is 25.7 Å². The van der Waals surface area contributed by atoms with Crippen LogP contribution in [0, 0.1) is 23.7 Å². The van der Waals surface area contributed by atoms with E-state index in [1.165, 1.54) is 4.90 Å². The standard InChI is InChI=1S/C34H39N3O5/c1-20(2)26(19-38)37-29(31(40)36-25-15-14-23-12-8-9-13-24(23)16-25)34-17-21(3)33(4,42-34)27(28(34)32(37)41)30(39)35-18-22-10-6-5-7-11-22/h5-16,20-21,26-29,38H,17-19H2,1-4H3,(H,35,39)(H,36,40)/t21?,26-,27-,28-,29?,33+,34?/m0/s1. The normalized spacial score (nSPS) is 30.5. The Bertz CT molecular complexity index is 1530. The molecule has 220 valence electrons. The first-order chi connectivity index (χ1) is 20.1. The van der Waals surface area contributed by atoms with Crippen molar-refractivity contribution >= 4 is 34.2 Å². The van der Waals surface area contributed by atoms with Gasteiger partial charge < -0.3 is 25.4 Å². The zero-order chi connectivity index (χ0) is 29.8. The van der Waals surface area contributed by atoms with Crippen LogP contribution in [0.2, 0.25) is 0 Å². The molecule has 3 aromatic carbocycles. The van der Waals surface area contributed by atoms with Crippen LogP contribution in [0.4, 0.5) is 5.69 Å². The summed E-state index contributed by atoms with van der Waals surface area (Å²) < 4.78 is 6.82. The number of nitrogens with one attached hydrogen (secondary N) is 2. The number of hydrogen-bond donors (Lipinski definition) is 3. The third-order valence-corrected chi connectivity index (χ3v) is 9.92.